The highest BCUT2D eigenvalue weighted by Crippen LogP contribution is 2.61. The van der Waals surface area contributed by atoms with E-state index in [9.17, 15) is 22.8 Å². The molecule has 0 aromatic rings. The highest BCUT2D eigenvalue weighted by Gasteiger charge is 2.54. The first kappa shape index (κ1) is 27.6. The van der Waals surface area contributed by atoms with Crippen molar-refractivity contribution in [2.24, 2.45) is 5.92 Å². The maximum Gasteiger partial charge on any atom is 0.397 e. The Morgan fingerprint density at radius 3 is 2.11 bits per heavy atom. The van der Waals surface area contributed by atoms with Gasteiger partial charge in [-0.25, -0.2) is 0 Å². The minimum absolute atomic E-state index is 0.152. The van der Waals surface area contributed by atoms with Crippen LogP contribution in [-0.2, 0) is 13.7 Å². The van der Waals surface area contributed by atoms with Crippen molar-refractivity contribution in [1.29, 1.82) is 0 Å². The lowest BCUT2D eigenvalue weighted by molar-refractivity contribution is 0.0646. The van der Waals surface area contributed by atoms with E-state index in [1.165, 1.54) is 18.4 Å². The van der Waals surface area contributed by atoms with Crippen LogP contribution in [0.5, 0.6) is 0 Å². The first-order valence-electron chi connectivity index (χ1n) is 9.37. The SMILES string of the molecule is C/C(=C\CCOP(=O)(O)C(F)(F)CP(=O)(O)O)CC/C=C(\C)CCCC(C)C. The molecule has 1 unspecified atom stereocenters. The Hall–Kier alpha value is -0.360. The zero-order valence-electron chi connectivity index (χ0n) is 17.1. The Balaban J connectivity index is 4.31. The summed E-state index contributed by atoms with van der Waals surface area (Å²) in [6, 6.07) is 0. The van der Waals surface area contributed by atoms with E-state index in [1.54, 1.807) is 6.08 Å². The van der Waals surface area contributed by atoms with Gasteiger partial charge in [-0.15, -0.1) is 0 Å². The minimum Gasteiger partial charge on any atom is -0.324 e. The summed E-state index contributed by atoms with van der Waals surface area (Å²) in [6.45, 7) is 7.94. The molecular weight excluding hydrogens is 412 g/mol. The Bertz CT molecular complexity index is 626. The van der Waals surface area contributed by atoms with Crippen molar-refractivity contribution in [2.75, 3.05) is 12.8 Å². The van der Waals surface area contributed by atoms with Gasteiger partial charge in [0.1, 0.15) is 6.16 Å². The van der Waals surface area contributed by atoms with Crippen LogP contribution in [0.3, 0.4) is 0 Å². The van der Waals surface area contributed by atoms with Gasteiger partial charge in [0.2, 0.25) is 0 Å². The average Bonchev–Trinajstić information content (AvgIpc) is 2.48. The molecule has 0 saturated heterocycles. The van der Waals surface area contributed by atoms with E-state index in [0.29, 0.717) is 5.92 Å². The Labute approximate surface area is 166 Å². The molecule has 0 heterocycles. The van der Waals surface area contributed by atoms with Gasteiger partial charge < -0.3 is 19.2 Å². The van der Waals surface area contributed by atoms with Gasteiger partial charge in [-0.05, 0) is 51.9 Å². The molecule has 0 amide bonds. The topological polar surface area (TPSA) is 104 Å². The van der Waals surface area contributed by atoms with Gasteiger partial charge in [0.25, 0.3) is 0 Å². The Morgan fingerprint density at radius 2 is 1.57 bits per heavy atom. The highest BCUT2D eigenvalue weighted by atomic mass is 31.2. The van der Waals surface area contributed by atoms with Gasteiger partial charge in [-0.2, -0.15) is 8.78 Å². The monoisotopic (exact) mass is 446 g/mol. The quantitative estimate of drug-likeness (QED) is 0.176. The van der Waals surface area contributed by atoms with Gasteiger partial charge in [-0.3, -0.25) is 9.13 Å². The molecule has 10 heteroatoms. The maximum absolute atomic E-state index is 13.5. The van der Waals surface area contributed by atoms with Crippen LogP contribution in [0.1, 0.15) is 66.2 Å². The number of allylic oxidation sites excluding steroid dienone is 3. The summed E-state index contributed by atoms with van der Waals surface area (Å²) in [6.07, 6.45) is 7.13. The molecular formula is C18H34F2O6P2. The molecule has 0 fully saturated rings. The zero-order chi connectivity index (χ0) is 22.0. The third-order valence-corrected chi connectivity index (χ3v) is 6.65. The van der Waals surface area contributed by atoms with E-state index in [4.69, 9.17) is 9.79 Å². The minimum atomic E-state index is -5.47. The van der Waals surface area contributed by atoms with Crippen LogP contribution in [0.2, 0.25) is 0 Å². The fourth-order valence-electron chi connectivity index (χ4n) is 2.45. The number of halogens is 2. The van der Waals surface area contributed by atoms with E-state index in [0.717, 1.165) is 24.8 Å². The fourth-order valence-corrected chi connectivity index (χ4v) is 4.76. The van der Waals surface area contributed by atoms with Crippen molar-refractivity contribution in [1.82, 2.24) is 0 Å². The third kappa shape index (κ3) is 13.0. The number of hydrogen-bond acceptors (Lipinski definition) is 3. The number of alkyl halides is 2. The van der Waals surface area contributed by atoms with Gasteiger partial charge in [0.15, 0.2) is 0 Å². The fraction of sp³-hybridized carbons (Fsp3) is 0.778. The second-order valence-electron chi connectivity index (χ2n) is 7.56. The largest absolute Gasteiger partial charge is 0.397 e. The molecule has 0 rings (SSSR count). The molecule has 0 aliphatic heterocycles. The molecule has 0 bridgehead atoms. The van der Waals surface area contributed by atoms with Crippen LogP contribution in [0, 0.1) is 5.92 Å². The molecule has 0 spiro atoms. The summed E-state index contributed by atoms with van der Waals surface area (Å²) in [5.41, 5.74) is -2.15. The summed E-state index contributed by atoms with van der Waals surface area (Å²) in [7, 11) is -10.6. The van der Waals surface area contributed by atoms with Crippen LogP contribution >= 0.6 is 15.2 Å². The van der Waals surface area contributed by atoms with E-state index in [1.807, 2.05) is 6.92 Å². The molecule has 28 heavy (non-hydrogen) atoms. The predicted octanol–water partition coefficient (Wildman–Crippen LogP) is 5.85. The van der Waals surface area contributed by atoms with E-state index in [-0.39, 0.29) is 6.42 Å². The van der Waals surface area contributed by atoms with E-state index >= 15 is 0 Å². The lowest BCUT2D eigenvalue weighted by Crippen LogP contribution is -2.23. The second-order valence-corrected chi connectivity index (χ2v) is 11.2. The maximum atomic E-state index is 13.5. The molecule has 0 aromatic heterocycles. The highest BCUT2D eigenvalue weighted by molar-refractivity contribution is 7.57. The van der Waals surface area contributed by atoms with Crippen molar-refractivity contribution in [2.45, 2.75) is 71.9 Å². The molecule has 0 aliphatic carbocycles. The van der Waals surface area contributed by atoms with Crippen LogP contribution in [-0.4, -0.2) is 33.1 Å². The van der Waals surface area contributed by atoms with Crippen molar-refractivity contribution in [3.05, 3.63) is 23.3 Å². The third-order valence-electron chi connectivity index (χ3n) is 4.07. The van der Waals surface area contributed by atoms with Crippen LogP contribution in [0.4, 0.5) is 8.78 Å². The summed E-state index contributed by atoms with van der Waals surface area (Å²) < 4.78 is 53.6. The Morgan fingerprint density at radius 1 is 1.04 bits per heavy atom. The second kappa shape index (κ2) is 12.4. The molecule has 0 aliphatic rings. The van der Waals surface area contributed by atoms with Gasteiger partial charge in [0.05, 0.1) is 6.61 Å². The molecule has 1 atom stereocenters. The number of hydrogen-bond donors (Lipinski definition) is 3. The number of rotatable bonds is 14. The van der Waals surface area contributed by atoms with Crippen molar-refractivity contribution < 1.29 is 37.1 Å². The molecule has 0 aromatic carbocycles. The average molecular weight is 446 g/mol. The van der Waals surface area contributed by atoms with Crippen LogP contribution in [0.25, 0.3) is 0 Å². The normalized spacial score (nSPS) is 16.5. The molecule has 6 nitrogen and oxygen atoms in total. The molecule has 0 radical (unpaired) electrons. The lowest BCUT2D eigenvalue weighted by atomic mass is 10.0. The van der Waals surface area contributed by atoms with Crippen molar-refractivity contribution in [3.63, 3.8) is 0 Å². The standard InChI is InChI=1S/C18H34F2O6P2/c1-15(2)8-5-9-16(3)10-6-11-17(4)12-7-13-26-28(24,25)18(19,20)14-27(21,22)23/h10,12,15H,5-9,11,13-14H2,1-4H3,(H,24,25)(H2,21,22,23)/b16-10+,17-12+. The van der Waals surface area contributed by atoms with Crippen LogP contribution in [0.15, 0.2) is 23.3 Å². The smallest absolute Gasteiger partial charge is 0.324 e. The molecule has 0 saturated carbocycles. The van der Waals surface area contributed by atoms with Gasteiger partial charge >= 0.3 is 20.9 Å². The van der Waals surface area contributed by atoms with Crippen molar-refractivity contribution in [3.8, 4) is 0 Å². The molecule has 166 valence electrons. The predicted molar refractivity (Wildman–Crippen MR) is 108 cm³/mol. The first-order chi connectivity index (χ1) is 12.7. The summed E-state index contributed by atoms with van der Waals surface area (Å²) in [5.74, 6) is 0.700. The first-order valence-corrected chi connectivity index (χ1v) is 12.7. The zero-order valence-corrected chi connectivity index (χ0v) is 18.9. The van der Waals surface area contributed by atoms with E-state index in [2.05, 4.69) is 31.4 Å². The summed E-state index contributed by atoms with van der Waals surface area (Å²) >= 11 is 0. The van der Waals surface area contributed by atoms with E-state index < -0.39 is 33.6 Å². The molecule has 3 N–H and O–H groups in total. The summed E-state index contributed by atoms with van der Waals surface area (Å²) in [4.78, 5) is 26.5. The summed E-state index contributed by atoms with van der Waals surface area (Å²) in [5, 5.41) is 0. The lowest BCUT2D eigenvalue weighted by Gasteiger charge is -2.22. The van der Waals surface area contributed by atoms with Crippen molar-refractivity contribution >= 4 is 15.2 Å². The van der Waals surface area contributed by atoms with Gasteiger partial charge in [-0.1, -0.05) is 43.6 Å². The Kier molecular flexibility index (Phi) is 12.2. The van der Waals surface area contributed by atoms with Gasteiger partial charge in [0, 0.05) is 0 Å². The van der Waals surface area contributed by atoms with Crippen LogP contribution < -0.4 is 0 Å².